The molecule has 1 aromatic heterocycles. The number of urea groups is 1. The molecular formula is C20H27N5O3. The average molecular weight is 385 g/mol. The lowest BCUT2D eigenvalue weighted by molar-refractivity contribution is -0.115. The van der Waals surface area contributed by atoms with Crippen LogP contribution in [0.15, 0.2) is 29.7 Å². The topological polar surface area (TPSA) is 95.9 Å². The molecular weight excluding hydrogens is 358 g/mol. The zero-order valence-electron chi connectivity index (χ0n) is 16.0. The van der Waals surface area contributed by atoms with Crippen LogP contribution in [-0.4, -0.2) is 52.3 Å². The molecule has 3 heterocycles. The third-order valence-corrected chi connectivity index (χ3v) is 5.79. The van der Waals surface area contributed by atoms with Gasteiger partial charge in [-0.05, 0) is 37.3 Å². The summed E-state index contributed by atoms with van der Waals surface area (Å²) in [6.07, 6.45) is 9.97. The molecule has 3 amide bonds. The number of nitrogens with zero attached hydrogens (tertiary/aromatic N) is 3. The Kier molecular flexibility index (Phi) is 5.45. The van der Waals surface area contributed by atoms with Crippen LogP contribution in [-0.2, 0) is 16.2 Å². The molecule has 1 saturated heterocycles. The van der Waals surface area contributed by atoms with Gasteiger partial charge in [0.15, 0.2) is 5.60 Å². The number of amides is 3. The summed E-state index contributed by atoms with van der Waals surface area (Å²) in [5.74, 6) is -0.228. The van der Waals surface area contributed by atoms with E-state index in [9.17, 15) is 9.59 Å². The summed E-state index contributed by atoms with van der Waals surface area (Å²) in [6, 6.07) is 4.01. The smallest absolute Gasteiger partial charge is 0.317 e. The minimum Gasteiger partial charge on any atom is -0.386 e. The second-order valence-electron chi connectivity index (χ2n) is 7.99. The molecule has 1 atom stereocenters. The van der Waals surface area contributed by atoms with Crippen LogP contribution in [0.4, 0.5) is 4.79 Å². The molecule has 4 rings (SSSR count). The number of carbonyl (C=O) groups excluding carboxylic acids is 2. The highest BCUT2D eigenvalue weighted by molar-refractivity contribution is 6.39. The average Bonchev–Trinajstić information content (AvgIpc) is 3.37. The molecule has 8 heteroatoms. The Balaban J connectivity index is 1.29. The maximum absolute atomic E-state index is 12.6. The number of aromatic nitrogens is 1. The van der Waals surface area contributed by atoms with Crippen molar-refractivity contribution in [2.24, 2.45) is 5.16 Å². The Labute approximate surface area is 164 Å². The zero-order valence-corrected chi connectivity index (χ0v) is 16.0. The fourth-order valence-corrected chi connectivity index (χ4v) is 4.26. The number of hydrogen-bond acceptors (Lipinski definition) is 5. The van der Waals surface area contributed by atoms with Crippen LogP contribution in [0, 0.1) is 0 Å². The van der Waals surface area contributed by atoms with E-state index < -0.39 is 5.60 Å². The molecule has 2 aliphatic heterocycles. The van der Waals surface area contributed by atoms with Crippen molar-refractivity contribution in [1.29, 1.82) is 0 Å². The first kappa shape index (κ1) is 18.7. The second kappa shape index (κ2) is 8.16. The van der Waals surface area contributed by atoms with Gasteiger partial charge in [0.05, 0.1) is 6.54 Å². The van der Waals surface area contributed by atoms with Crippen molar-refractivity contribution in [1.82, 2.24) is 20.5 Å². The maximum Gasteiger partial charge on any atom is 0.317 e. The van der Waals surface area contributed by atoms with Gasteiger partial charge in [-0.1, -0.05) is 24.1 Å². The van der Waals surface area contributed by atoms with E-state index >= 15 is 0 Å². The van der Waals surface area contributed by atoms with Crippen LogP contribution in [0.25, 0.3) is 0 Å². The van der Waals surface area contributed by atoms with E-state index in [0.717, 1.165) is 31.2 Å². The van der Waals surface area contributed by atoms with Crippen LogP contribution >= 0.6 is 0 Å². The van der Waals surface area contributed by atoms with Gasteiger partial charge in [-0.25, -0.2) is 4.79 Å². The van der Waals surface area contributed by atoms with E-state index in [1.165, 1.54) is 12.8 Å². The van der Waals surface area contributed by atoms with Crippen LogP contribution < -0.4 is 10.6 Å². The van der Waals surface area contributed by atoms with Crippen LogP contribution in [0.2, 0.25) is 0 Å². The molecule has 1 aliphatic carbocycles. The van der Waals surface area contributed by atoms with Gasteiger partial charge in [0, 0.05) is 37.9 Å². The van der Waals surface area contributed by atoms with Crippen molar-refractivity contribution >= 4 is 17.6 Å². The van der Waals surface area contributed by atoms with E-state index in [-0.39, 0.29) is 11.9 Å². The standard InChI is InChI=1S/C20H27N5O3/c26-18(22-13-15-5-3-9-21-12-15)17-11-20(28-24-17)8-4-10-25(14-20)19(27)23-16-6-1-2-7-16/h3,5,9,12,16H,1-2,4,6-8,10-11,13-14H2,(H,22,26)(H,23,27). The monoisotopic (exact) mass is 385 g/mol. The van der Waals surface area contributed by atoms with E-state index in [0.29, 0.717) is 37.8 Å². The first-order chi connectivity index (χ1) is 13.6. The Bertz CT molecular complexity index is 747. The number of rotatable bonds is 4. The van der Waals surface area contributed by atoms with Crippen LogP contribution in [0.5, 0.6) is 0 Å². The molecule has 1 aromatic rings. The quantitative estimate of drug-likeness (QED) is 0.828. The van der Waals surface area contributed by atoms with Crippen molar-refractivity contribution in [2.75, 3.05) is 13.1 Å². The van der Waals surface area contributed by atoms with Gasteiger partial charge in [-0.15, -0.1) is 0 Å². The summed E-state index contributed by atoms with van der Waals surface area (Å²) in [4.78, 5) is 36.6. The number of carbonyl (C=O) groups is 2. The Hall–Kier alpha value is -2.64. The Morgan fingerprint density at radius 1 is 1.29 bits per heavy atom. The van der Waals surface area contributed by atoms with Crippen LogP contribution in [0.1, 0.15) is 50.5 Å². The summed E-state index contributed by atoms with van der Waals surface area (Å²) >= 11 is 0. The molecule has 3 aliphatic rings. The molecule has 0 radical (unpaired) electrons. The van der Waals surface area contributed by atoms with Crippen molar-refractivity contribution in [3.05, 3.63) is 30.1 Å². The number of nitrogens with one attached hydrogen (secondary N) is 2. The van der Waals surface area contributed by atoms with Gasteiger partial charge in [0.25, 0.3) is 5.91 Å². The maximum atomic E-state index is 12.6. The molecule has 2 fully saturated rings. The highest BCUT2D eigenvalue weighted by Crippen LogP contribution is 2.33. The van der Waals surface area contributed by atoms with E-state index in [1.54, 1.807) is 12.4 Å². The molecule has 8 nitrogen and oxygen atoms in total. The SMILES string of the molecule is O=C(NCc1cccnc1)C1=NOC2(CCCN(C(=O)NC3CCCC3)C2)C1. The molecule has 0 aromatic carbocycles. The molecule has 28 heavy (non-hydrogen) atoms. The van der Waals surface area contributed by atoms with Crippen molar-refractivity contribution in [2.45, 2.75) is 63.1 Å². The predicted molar refractivity (Wildman–Crippen MR) is 104 cm³/mol. The van der Waals surface area contributed by atoms with Crippen molar-refractivity contribution < 1.29 is 14.4 Å². The molecule has 1 saturated carbocycles. The number of hydrogen-bond donors (Lipinski definition) is 2. The first-order valence-corrected chi connectivity index (χ1v) is 10.1. The highest BCUT2D eigenvalue weighted by atomic mass is 16.7. The van der Waals surface area contributed by atoms with Crippen molar-refractivity contribution in [3.8, 4) is 0 Å². The van der Waals surface area contributed by atoms with E-state index in [1.807, 2.05) is 17.0 Å². The molecule has 150 valence electrons. The number of oxime groups is 1. The molecule has 0 bridgehead atoms. The van der Waals surface area contributed by atoms with Gasteiger partial charge in [0.2, 0.25) is 0 Å². The van der Waals surface area contributed by atoms with E-state index in [2.05, 4.69) is 20.8 Å². The second-order valence-corrected chi connectivity index (χ2v) is 7.99. The third-order valence-electron chi connectivity index (χ3n) is 5.79. The number of pyridine rings is 1. The third kappa shape index (κ3) is 4.26. The summed E-state index contributed by atoms with van der Waals surface area (Å²) < 4.78 is 0. The summed E-state index contributed by atoms with van der Waals surface area (Å²) in [5.41, 5.74) is 0.742. The highest BCUT2D eigenvalue weighted by Gasteiger charge is 2.45. The number of likely N-dealkylation sites (tertiary alicyclic amines) is 1. The molecule has 1 spiro atoms. The van der Waals surface area contributed by atoms with E-state index in [4.69, 9.17) is 4.84 Å². The van der Waals surface area contributed by atoms with Gasteiger partial charge in [-0.2, -0.15) is 0 Å². The number of piperidine rings is 1. The van der Waals surface area contributed by atoms with Crippen molar-refractivity contribution in [3.63, 3.8) is 0 Å². The minimum absolute atomic E-state index is 0.0240. The predicted octanol–water partition coefficient (Wildman–Crippen LogP) is 1.96. The normalized spacial score (nSPS) is 24.7. The van der Waals surface area contributed by atoms with Gasteiger partial charge >= 0.3 is 6.03 Å². The summed E-state index contributed by atoms with van der Waals surface area (Å²) in [7, 11) is 0. The summed E-state index contributed by atoms with van der Waals surface area (Å²) in [6.45, 7) is 1.58. The first-order valence-electron chi connectivity index (χ1n) is 10.1. The lowest BCUT2D eigenvalue weighted by atomic mass is 9.88. The van der Waals surface area contributed by atoms with Crippen LogP contribution in [0.3, 0.4) is 0 Å². The lowest BCUT2D eigenvalue weighted by Crippen LogP contribution is -2.54. The largest absolute Gasteiger partial charge is 0.386 e. The molecule has 2 N–H and O–H groups in total. The van der Waals surface area contributed by atoms with Gasteiger partial charge in [0.1, 0.15) is 5.71 Å². The fraction of sp³-hybridized carbons (Fsp3) is 0.600. The Morgan fingerprint density at radius 2 is 2.14 bits per heavy atom. The van der Waals surface area contributed by atoms with Gasteiger partial charge in [-0.3, -0.25) is 9.78 Å². The lowest BCUT2D eigenvalue weighted by Gasteiger charge is -2.38. The fourth-order valence-electron chi connectivity index (χ4n) is 4.26. The van der Waals surface area contributed by atoms with Gasteiger partial charge < -0.3 is 20.4 Å². The Morgan fingerprint density at radius 3 is 2.93 bits per heavy atom. The zero-order chi connectivity index (χ0) is 19.4. The molecule has 1 unspecified atom stereocenters. The minimum atomic E-state index is -0.577. The summed E-state index contributed by atoms with van der Waals surface area (Å²) in [5, 5.41) is 10.1.